The molecule has 5 heteroatoms. The molecular formula is C16H15F2N3. The summed E-state index contributed by atoms with van der Waals surface area (Å²) in [5.74, 6) is -0.537. The zero-order chi connectivity index (χ0) is 14.7. The van der Waals surface area contributed by atoms with Gasteiger partial charge in [-0.15, -0.1) is 0 Å². The maximum atomic E-state index is 13.7. The molecule has 1 aliphatic rings. The van der Waals surface area contributed by atoms with Crippen LogP contribution < -0.4 is 10.6 Å². The number of nitrogens with one attached hydrogen (secondary N) is 2. The van der Waals surface area contributed by atoms with Gasteiger partial charge >= 0.3 is 0 Å². The summed E-state index contributed by atoms with van der Waals surface area (Å²) in [6.07, 6.45) is 0. The summed E-state index contributed by atoms with van der Waals surface area (Å²) in [4.78, 5) is 4.25. The molecule has 21 heavy (non-hydrogen) atoms. The van der Waals surface area contributed by atoms with Crippen LogP contribution >= 0.6 is 0 Å². The van der Waals surface area contributed by atoms with Crippen molar-refractivity contribution in [1.29, 1.82) is 0 Å². The number of hydrogen-bond acceptors (Lipinski definition) is 3. The van der Waals surface area contributed by atoms with E-state index in [-0.39, 0.29) is 5.56 Å². The largest absolute Gasteiger partial charge is 0.352 e. The molecule has 0 bridgehead atoms. The van der Waals surface area contributed by atoms with Crippen molar-refractivity contribution in [1.82, 2.24) is 10.6 Å². The van der Waals surface area contributed by atoms with Crippen molar-refractivity contribution in [2.75, 3.05) is 6.54 Å². The van der Waals surface area contributed by atoms with Crippen LogP contribution in [0.15, 0.2) is 53.5 Å². The SMILES string of the molecule is Fc1cccc(F)c1C1CN=C(NCc2ccccc2)N1. The average Bonchev–Trinajstić information content (AvgIpc) is 2.95. The Morgan fingerprint density at radius 2 is 1.76 bits per heavy atom. The summed E-state index contributed by atoms with van der Waals surface area (Å²) >= 11 is 0. The van der Waals surface area contributed by atoms with Crippen LogP contribution in [0, 0.1) is 11.6 Å². The Bertz CT molecular complexity index is 636. The number of nitrogens with zero attached hydrogens (tertiary/aromatic N) is 1. The highest BCUT2D eigenvalue weighted by atomic mass is 19.1. The van der Waals surface area contributed by atoms with E-state index in [1.165, 1.54) is 18.2 Å². The first-order valence-electron chi connectivity index (χ1n) is 6.77. The maximum absolute atomic E-state index is 13.7. The lowest BCUT2D eigenvalue weighted by Gasteiger charge is -2.14. The van der Waals surface area contributed by atoms with Gasteiger partial charge in [0.1, 0.15) is 11.6 Å². The van der Waals surface area contributed by atoms with Gasteiger partial charge in [0.05, 0.1) is 12.6 Å². The Hall–Kier alpha value is -2.43. The number of aliphatic imine (C=N–C) groups is 1. The van der Waals surface area contributed by atoms with Crippen LogP contribution in [-0.4, -0.2) is 12.5 Å². The van der Waals surface area contributed by atoms with Gasteiger partial charge in [-0.3, -0.25) is 4.99 Å². The molecular weight excluding hydrogens is 272 g/mol. The van der Waals surface area contributed by atoms with Crippen LogP contribution in [0.25, 0.3) is 0 Å². The highest BCUT2D eigenvalue weighted by Gasteiger charge is 2.24. The summed E-state index contributed by atoms with van der Waals surface area (Å²) in [7, 11) is 0. The molecule has 0 saturated heterocycles. The first-order valence-corrected chi connectivity index (χ1v) is 6.77. The molecule has 1 aliphatic heterocycles. The third kappa shape index (κ3) is 3.02. The molecule has 0 spiro atoms. The summed E-state index contributed by atoms with van der Waals surface area (Å²) < 4.78 is 27.5. The molecule has 0 radical (unpaired) electrons. The van der Waals surface area contributed by atoms with Gasteiger partial charge in [0.2, 0.25) is 0 Å². The van der Waals surface area contributed by atoms with E-state index in [2.05, 4.69) is 15.6 Å². The highest BCUT2D eigenvalue weighted by Crippen LogP contribution is 2.23. The van der Waals surface area contributed by atoms with Gasteiger partial charge in [-0.2, -0.15) is 0 Å². The molecule has 108 valence electrons. The average molecular weight is 287 g/mol. The fraction of sp³-hybridized carbons (Fsp3) is 0.188. The predicted octanol–water partition coefficient (Wildman–Crippen LogP) is 2.75. The third-order valence-electron chi connectivity index (χ3n) is 3.39. The minimum atomic E-state index is -0.549. The van der Waals surface area contributed by atoms with Gasteiger partial charge in [-0.25, -0.2) is 8.78 Å². The molecule has 1 atom stereocenters. The fourth-order valence-electron chi connectivity index (χ4n) is 2.33. The standard InChI is InChI=1S/C16H15F2N3/c17-12-7-4-8-13(18)15(12)14-10-20-16(21-14)19-9-11-5-2-1-3-6-11/h1-8,14H,9-10H2,(H2,19,20,21). The van der Waals surface area contributed by atoms with E-state index in [0.717, 1.165) is 5.56 Å². The molecule has 2 N–H and O–H groups in total. The van der Waals surface area contributed by atoms with Crippen LogP contribution in [0.4, 0.5) is 8.78 Å². The number of guanidine groups is 1. The topological polar surface area (TPSA) is 36.4 Å². The molecule has 0 fully saturated rings. The third-order valence-corrected chi connectivity index (χ3v) is 3.39. The Labute approximate surface area is 121 Å². The molecule has 0 aliphatic carbocycles. The summed E-state index contributed by atoms with van der Waals surface area (Å²) in [5, 5.41) is 6.15. The fourth-order valence-corrected chi connectivity index (χ4v) is 2.33. The van der Waals surface area contributed by atoms with Crippen molar-refractivity contribution in [3.05, 3.63) is 71.3 Å². The smallest absolute Gasteiger partial charge is 0.192 e. The summed E-state index contributed by atoms with van der Waals surface area (Å²) in [5.41, 5.74) is 1.15. The lowest BCUT2D eigenvalue weighted by molar-refractivity contribution is 0.520. The van der Waals surface area contributed by atoms with Crippen molar-refractivity contribution < 1.29 is 8.78 Å². The van der Waals surface area contributed by atoms with Crippen LogP contribution in [0.1, 0.15) is 17.2 Å². The second-order valence-electron chi connectivity index (χ2n) is 4.86. The van der Waals surface area contributed by atoms with E-state index in [1.807, 2.05) is 30.3 Å². The van der Waals surface area contributed by atoms with Crippen molar-refractivity contribution >= 4 is 5.96 Å². The molecule has 0 amide bonds. The molecule has 0 saturated carbocycles. The van der Waals surface area contributed by atoms with Gasteiger partial charge in [-0.1, -0.05) is 36.4 Å². The number of benzene rings is 2. The zero-order valence-electron chi connectivity index (χ0n) is 11.3. The summed E-state index contributed by atoms with van der Waals surface area (Å²) in [6.45, 7) is 0.925. The lowest BCUT2D eigenvalue weighted by atomic mass is 10.1. The monoisotopic (exact) mass is 287 g/mol. The van der Waals surface area contributed by atoms with E-state index in [0.29, 0.717) is 19.0 Å². The van der Waals surface area contributed by atoms with Gasteiger partial charge in [0.15, 0.2) is 5.96 Å². The minimum Gasteiger partial charge on any atom is -0.352 e. The number of hydrogen-bond donors (Lipinski definition) is 2. The highest BCUT2D eigenvalue weighted by molar-refractivity contribution is 5.82. The molecule has 1 unspecified atom stereocenters. The first kappa shape index (κ1) is 13.5. The number of rotatable bonds is 3. The Balaban J connectivity index is 1.63. The van der Waals surface area contributed by atoms with E-state index in [1.54, 1.807) is 0 Å². The van der Waals surface area contributed by atoms with Gasteiger partial charge in [-0.05, 0) is 17.7 Å². The van der Waals surface area contributed by atoms with E-state index >= 15 is 0 Å². The Morgan fingerprint density at radius 1 is 1.05 bits per heavy atom. The molecule has 1 heterocycles. The molecule has 2 aromatic carbocycles. The second kappa shape index (κ2) is 5.91. The van der Waals surface area contributed by atoms with Crippen LogP contribution in [0.2, 0.25) is 0 Å². The lowest BCUT2D eigenvalue weighted by Crippen LogP contribution is -2.35. The second-order valence-corrected chi connectivity index (χ2v) is 4.86. The molecule has 0 aromatic heterocycles. The van der Waals surface area contributed by atoms with Gasteiger partial charge < -0.3 is 10.6 Å². The normalized spacial score (nSPS) is 17.2. The van der Waals surface area contributed by atoms with Crippen LogP contribution in [-0.2, 0) is 6.54 Å². The van der Waals surface area contributed by atoms with Crippen molar-refractivity contribution in [2.45, 2.75) is 12.6 Å². The van der Waals surface area contributed by atoms with Crippen LogP contribution in [0.3, 0.4) is 0 Å². The predicted molar refractivity (Wildman–Crippen MR) is 77.8 cm³/mol. The molecule has 2 aromatic rings. The van der Waals surface area contributed by atoms with Crippen molar-refractivity contribution in [3.8, 4) is 0 Å². The Morgan fingerprint density at radius 3 is 2.48 bits per heavy atom. The van der Waals surface area contributed by atoms with E-state index in [9.17, 15) is 8.78 Å². The maximum Gasteiger partial charge on any atom is 0.192 e. The van der Waals surface area contributed by atoms with E-state index in [4.69, 9.17) is 0 Å². The number of halogens is 2. The zero-order valence-corrected chi connectivity index (χ0v) is 11.3. The Kier molecular flexibility index (Phi) is 3.81. The summed E-state index contributed by atoms with van der Waals surface area (Å²) in [6, 6.07) is 13.3. The van der Waals surface area contributed by atoms with Gasteiger partial charge in [0, 0.05) is 12.1 Å². The van der Waals surface area contributed by atoms with Crippen molar-refractivity contribution in [3.63, 3.8) is 0 Å². The molecule has 3 nitrogen and oxygen atoms in total. The molecule has 3 rings (SSSR count). The van der Waals surface area contributed by atoms with E-state index < -0.39 is 17.7 Å². The van der Waals surface area contributed by atoms with Crippen molar-refractivity contribution in [2.24, 2.45) is 4.99 Å². The first-order chi connectivity index (χ1) is 10.2. The van der Waals surface area contributed by atoms with Gasteiger partial charge in [0.25, 0.3) is 0 Å². The minimum absolute atomic E-state index is 0.0396. The quantitative estimate of drug-likeness (QED) is 0.910. The van der Waals surface area contributed by atoms with Crippen LogP contribution in [0.5, 0.6) is 0 Å².